The minimum atomic E-state index is -0.879. The number of hydrogen-bond donors (Lipinski definition) is 3. The summed E-state index contributed by atoms with van der Waals surface area (Å²) < 4.78 is 0. The number of phenolic OH excluding ortho intramolecular Hbond substituents is 2. The second kappa shape index (κ2) is 6.30. The second-order valence-corrected chi connectivity index (χ2v) is 3.59. The molecule has 0 amide bonds. The summed E-state index contributed by atoms with van der Waals surface area (Å²) in [6, 6.07) is 13.0. The van der Waals surface area contributed by atoms with Crippen molar-refractivity contribution in [2.75, 3.05) is 0 Å². The van der Waals surface area contributed by atoms with Crippen molar-refractivity contribution < 1.29 is 20.1 Å². The maximum Gasteiger partial charge on any atom is 0.335 e. The first kappa shape index (κ1) is 13.6. The molecule has 2 aromatic carbocycles. The Morgan fingerprint density at radius 2 is 1.39 bits per heavy atom. The number of carbonyl (C=O) groups is 1. The monoisotopic (exact) mass is 246 g/mol. The van der Waals surface area contributed by atoms with Crippen molar-refractivity contribution in [3.05, 3.63) is 59.7 Å². The highest BCUT2D eigenvalue weighted by Gasteiger charge is 1.97. The van der Waals surface area contributed by atoms with Crippen LogP contribution >= 0.6 is 0 Å². The fourth-order valence-corrected chi connectivity index (χ4v) is 1.19. The van der Waals surface area contributed by atoms with Gasteiger partial charge in [-0.3, -0.25) is 0 Å². The topological polar surface area (TPSA) is 77.8 Å². The number of phenols is 2. The van der Waals surface area contributed by atoms with Gasteiger partial charge in [0.15, 0.2) is 0 Å². The Labute approximate surface area is 105 Å². The lowest BCUT2D eigenvalue weighted by Crippen LogP contribution is -1.93. The highest BCUT2D eigenvalue weighted by Crippen LogP contribution is 2.23. The number of hydrogen-bond acceptors (Lipinski definition) is 3. The molecule has 0 unspecified atom stereocenters. The highest BCUT2D eigenvalue weighted by molar-refractivity contribution is 5.87. The number of benzene rings is 2. The van der Waals surface area contributed by atoms with Crippen LogP contribution in [-0.4, -0.2) is 21.3 Å². The molecular weight excluding hydrogens is 232 g/mol. The van der Waals surface area contributed by atoms with E-state index in [1.54, 1.807) is 43.3 Å². The van der Waals surface area contributed by atoms with Gasteiger partial charge in [-0.25, -0.2) is 4.79 Å². The minimum absolute atomic E-state index is 0.134. The SMILES string of the molecule is Cc1c(O)cccc1O.O=C(O)c1ccccc1. The number of carboxylic acids is 1. The van der Waals surface area contributed by atoms with Crippen molar-refractivity contribution in [3.8, 4) is 11.5 Å². The molecule has 0 aromatic heterocycles. The van der Waals surface area contributed by atoms with Crippen LogP contribution in [0.1, 0.15) is 15.9 Å². The van der Waals surface area contributed by atoms with Crippen LogP contribution in [-0.2, 0) is 0 Å². The van der Waals surface area contributed by atoms with Crippen molar-refractivity contribution >= 4 is 5.97 Å². The van der Waals surface area contributed by atoms with E-state index in [9.17, 15) is 4.79 Å². The molecule has 0 atom stereocenters. The van der Waals surface area contributed by atoms with Crippen molar-refractivity contribution in [2.45, 2.75) is 6.92 Å². The molecule has 0 saturated carbocycles. The highest BCUT2D eigenvalue weighted by atomic mass is 16.4. The van der Waals surface area contributed by atoms with E-state index in [0.29, 0.717) is 11.1 Å². The van der Waals surface area contributed by atoms with Gasteiger partial charge in [0, 0.05) is 5.56 Å². The Bertz CT molecular complexity index is 500. The fourth-order valence-electron chi connectivity index (χ4n) is 1.19. The molecule has 0 aliphatic carbocycles. The molecule has 0 saturated heterocycles. The third kappa shape index (κ3) is 3.83. The summed E-state index contributed by atoms with van der Waals surface area (Å²) in [6.45, 7) is 1.66. The quantitative estimate of drug-likeness (QED) is 0.723. The maximum atomic E-state index is 10.2. The maximum absolute atomic E-state index is 10.2. The normalized spacial score (nSPS) is 9.17. The first-order valence-electron chi connectivity index (χ1n) is 5.28. The molecule has 4 nitrogen and oxygen atoms in total. The van der Waals surface area contributed by atoms with Gasteiger partial charge in [-0.05, 0) is 31.2 Å². The van der Waals surface area contributed by atoms with Crippen LogP contribution in [0.4, 0.5) is 0 Å². The third-order valence-electron chi connectivity index (χ3n) is 2.30. The zero-order valence-electron chi connectivity index (χ0n) is 9.87. The van der Waals surface area contributed by atoms with E-state index in [1.807, 2.05) is 0 Å². The summed E-state index contributed by atoms with van der Waals surface area (Å²) in [4.78, 5) is 10.2. The molecule has 94 valence electrons. The smallest absolute Gasteiger partial charge is 0.335 e. The molecule has 3 N–H and O–H groups in total. The van der Waals surface area contributed by atoms with E-state index < -0.39 is 5.97 Å². The average molecular weight is 246 g/mol. The van der Waals surface area contributed by atoms with E-state index in [1.165, 1.54) is 12.1 Å². The van der Waals surface area contributed by atoms with Crippen molar-refractivity contribution in [2.24, 2.45) is 0 Å². The number of aromatic hydroxyl groups is 2. The fraction of sp³-hybridized carbons (Fsp3) is 0.0714. The Balaban J connectivity index is 0.000000180. The van der Waals surface area contributed by atoms with Gasteiger partial charge in [-0.1, -0.05) is 24.3 Å². The van der Waals surface area contributed by atoms with Crippen LogP contribution < -0.4 is 0 Å². The van der Waals surface area contributed by atoms with Gasteiger partial charge < -0.3 is 15.3 Å². The van der Waals surface area contributed by atoms with Crippen LogP contribution in [0, 0.1) is 6.92 Å². The zero-order chi connectivity index (χ0) is 13.5. The van der Waals surface area contributed by atoms with Gasteiger partial charge in [0.05, 0.1) is 5.56 Å². The van der Waals surface area contributed by atoms with Gasteiger partial charge in [0.25, 0.3) is 0 Å². The summed E-state index contributed by atoms with van der Waals surface area (Å²) in [5, 5.41) is 26.3. The van der Waals surface area contributed by atoms with Crippen LogP contribution in [0.25, 0.3) is 0 Å². The Kier molecular flexibility index (Phi) is 4.75. The van der Waals surface area contributed by atoms with E-state index in [4.69, 9.17) is 15.3 Å². The van der Waals surface area contributed by atoms with E-state index >= 15 is 0 Å². The van der Waals surface area contributed by atoms with E-state index in [-0.39, 0.29) is 11.5 Å². The number of aromatic carboxylic acids is 1. The Hall–Kier alpha value is -2.49. The van der Waals surface area contributed by atoms with Crippen LogP contribution in [0.3, 0.4) is 0 Å². The van der Waals surface area contributed by atoms with Gasteiger partial charge in [-0.2, -0.15) is 0 Å². The Morgan fingerprint density at radius 1 is 0.889 bits per heavy atom. The van der Waals surface area contributed by atoms with Gasteiger partial charge in [0.1, 0.15) is 11.5 Å². The van der Waals surface area contributed by atoms with Gasteiger partial charge in [0.2, 0.25) is 0 Å². The molecule has 0 fully saturated rings. The number of carboxylic acid groups (broad SMARTS) is 1. The summed E-state index contributed by atoms with van der Waals surface area (Å²) in [6.07, 6.45) is 0. The molecule has 0 aliphatic heterocycles. The average Bonchev–Trinajstić information content (AvgIpc) is 2.38. The van der Waals surface area contributed by atoms with Crippen molar-refractivity contribution in [1.29, 1.82) is 0 Å². The summed E-state index contributed by atoms with van der Waals surface area (Å²) in [7, 11) is 0. The Morgan fingerprint density at radius 3 is 1.72 bits per heavy atom. The van der Waals surface area contributed by atoms with Crippen molar-refractivity contribution in [3.63, 3.8) is 0 Å². The molecule has 2 rings (SSSR count). The standard InChI is InChI=1S/C7H8O2.C7H6O2/c1-5-6(8)3-2-4-7(5)9;8-7(9)6-4-2-1-3-5-6/h2-4,8-9H,1H3;1-5H,(H,8,9). The van der Waals surface area contributed by atoms with Crippen LogP contribution in [0.2, 0.25) is 0 Å². The molecular formula is C14H14O4. The largest absolute Gasteiger partial charge is 0.508 e. The predicted octanol–water partition coefficient (Wildman–Crippen LogP) is 2.79. The predicted molar refractivity (Wildman–Crippen MR) is 67.9 cm³/mol. The lowest BCUT2D eigenvalue weighted by atomic mass is 10.2. The summed E-state index contributed by atoms with van der Waals surface area (Å²) >= 11 is 0. The molecule has 2 aromatic rings. The molecule has 0 aliphatic rings. The van der Waals surface area contributed by atoms with Crippen molar-refractivity contribution in [1.82, 2.24) is 0 Å². The first-order chi connectivity index (χ1) is 8.52. The van der Waals surface area contributed by atoms with Gasteiger partial charge in [-0.15, -0.1) is 0 Å². The molecule has 0 radical (unpaired) electrons. The first-order valence-corrected chi connectivity index (χ1v) is 5.28. The lowest BCUT2D eigenvalue weighted by molar-refractivity contribution is 0.0697. The minimum Gasteiger partial charge on any atom is -0.508 e. The summed E-state index contributed by atoms with van der Waals surface area (Å²) in [5.74, 6) is -0.611. The third-order valence-corrected chi connectivity index (χ3v) is 2.30. The molecule has 4 heteroatoms. The number of rotatable bonds is 1. The van der Waals surface area contributed by atoms with Gasteiger partial charge >= 0.3 is 5.97 Å². The zero-order valence-corrected chi connectivity index (χ0v) is 9.87. The summed E-state index contributed by atoms with van der Waals surface area (Å²) in [5.41, 5.74) is 0.856. The van der Waals surface area contributed by atoms with Crippen LogP contribution in [0.5, 0.6) is 11.5 Å². The second-order valence-electron chi connectivity index (χ2n) is 3.59. The molecule has 18 heavy (non-hydrogen) atoms. The lowest BCUT2D eigenvalue weighted by Gasteiger charge is -1.98. The van der Waals surface area contributed by atoms with E-state index in [0.717, 1.165) is 0 Å². The molecule has 0 heterocycles. The molecule has 0 spiro atoms. The molecule has 0 bridgehead atoms. The van der Waals surface area contributed by atoms with E-state index in [2.05, 4.69) is 0 Å². The van der Waals surface area contributed by atoms with Crippen LogP contribution in [0.15, 0.2) is 48.5 Å².